The summed E-state index contributed by atoms with van der Waals surface area (Å²) in [6, 6.07) is 0. The molecule has 146 valence electrons. The van der Waals surface area contributed by atoms with Crippen LogP contribution in [0.5, 0.6) is 0 Å². The summed E-state index contributed by atoms with van der Waals surface area (Å²) in [5.74, 6) is 0. The molecule has 0 aromatic rings. The molecule has 0 fully saturated rings. The predicted octanol–water partition coefficient (Wildman–Crippen LogP) is 4.61. The molecule has 5 heteroatoms. The fourth-order valence-corrected chi connectivity index (χ4v) is 4.27. The average molecular weight is 364 g/mol. The minimum Gasteiger partial charge on any atom is -0.743 e. The van der Waals surface area contributed by atoms with E-state index in [9.17, 15) is 13.0 Å². The van der Waals surface area contributed by atoms with Gasteiger partial charge >= 0.3 is 0 Å². The molecule has 1 atom stereocenters. The minimum atomic E-state index is -4.40. The van der Waals surface area contributed by atoms with Gasteiger partial charge in [0.05, 0.1) is 0 Å². The summed E-state index contributed by atoms with van der Waals surface area (Å²) in [6.45, 7) is 7.61. The third-order valence-electron chi connectivity index (χ3n) is 5.28. The van der Waals surface area contributed by atoms with Crippen LogP contribution in [0.15, 0.2) is 0 Å². The van der Waals surface area contributed by atoms with Crippen LogP contribution in [0.3, 0.4) is 0 Å². The maximum atomic E-state index is 11.6. The van der Waals surface area contributed by atoms with Gasteiger partial charge in [-0.2, -0.15) is 0 Å². The Kier molecular flexibility index (Phi) is 11.4. The third-order valence-corrected chi connectivity index (χ3v) is 7.05. The van der Waals surface area contributed by atoms with E-state index in [1.165, 1.54) is 57.8 Å². The van der Waals surface area contributed by atoms with Gasteiger partial charge in [-0.25, -0.2) is 8.42 Å². The van der Waals surface area contributed by atoms with Crippen molar-refractivity contribution in [2.45, 2.75) is 116 Å². The summed E-state index contributed by atoms with van der Waals surface area (Å²) < 4.78 is 34.8. The van der Waals surface area contributed by atoms with Crippen LogP contribution in [0.2, 0.25) is 0 Å². The van der Waals surface area contributed by atoms with E-state index in [1.807, 2.05) is 0 Å². The van der Waals surface area contributed by atoms with Gasteiger partial charge in [-0.1, -0.05) is 98.3 Å². The zero-order chi connectivity index (χ0) is 18.7. The van der Waals surface area contributed by atoms with Gasteiger partial charge in [-0.05, 0) is 6.42 Å². The molecule has 1 unspecified atom stereocenters. The summed E-state index contributed by atoms with van der Waals surface area (Å²) in [6.07, 6.45) is 15.1. The number of rotatable bonds is 14. The lowest BCUT2D eigenvalue weighted by molar-refractivity contribution is -0.470. The van der Waals surface area contributed by atoms with Crippen molar-refractivity contribution in [1.29, 1.82) is 0 Å². The lowest BCUT2D eigenvalue weighted by Crippen LogP contribution is -2.81. The highest BCUT2D eigenvalue weighted by atomic mass is 32.2. The summed E-state index contributed by atoms with van der Waals surface area (Å²) >= 11 is 0. The SMILES string of the molecule is CCCCCCCCCCCCCCC([NH3+])(C(C)(C)C)S(=O)(=O)[O-]. The smallest absolute Gasteiger partial charge is 0.189 e. The summed E-state index contributed by atoms with van der Waals surface area (Å²) in [7, 11) is -4.40. The molecule has 24 heavy (non-hydrogen) atoms. The zero-order valence-electron chi connectivity index (χ0n) is 16.5. The van der Waals surface area contributed by atoms with E-state index in [0.29, 0.717) is 6.42 Å². The molecule has 0 aliphatic heterocycles. The van der Waals surface area contributed by atoms with Crippen LogP contribution >= 0.6 is 0 Å². The van der Waals surface area contributed by atoms with Gasteiger partial charge in [-0.15, -0.1) is 0 Å². The molecule has 0 aromatic carbocycles. The second-order valence-electron chi connectivity index (χ2n) is 8.34. The van der Waals surface area contributed by atoms with Gasteiger partial charge in [0.15, 0.2) is 15.0 Å². The molecule has 0 rings (SSSR count). The van der Waals surface area contributed by atoms with Crippen molar-refractivity contribution in [3.05, 3.63) is 0 Å². The molecular formula is C19H41NO3S. The Balaban J connectivity index is 3.79. The van der Waals surface area contributed by atoms with Crippen LogP contribution in [0.4, 0.5) is 0 Å². The fourth-order valence-electron chi connectivity index (χ4n) is 3.13. The van der Waals surface area contributed by atoms with Crippen molar-refractivity contribution in [2.75, 3.05) is 0 Å². The van der Waals surface area contributed by atoms with Gasteiger partial charge in [0.2, 0.25) is 0 Å². The zero-order valence-corrected chi connectivity index (χ0v) is 17.3. The van der Waals surface area contributed by atoms with Crippen molar-refractivity contribution >= 4 is 10.1 Å². The molecule has 0 saturated heterocycles. The summed E-state index contributed by atoms with van der Waals surface area (Å²) in [5, 5.41) is 0. The van der Waals surface area contributed by atoms with Crippen molar-refractivity contribution in [3.63, 3.8) is 0 Å². The van der Waals surface area contributed by atoms with Crippen LogP contribution in [-0.4, -0.2) is 17.8 Å². The van der Waals surface area contributed by atoms with E-state index >= 15 is 0 Å². The van der Waals surface area contributed by atoms with E-state index in [-0.39, 0.29) is 0 Å². The van der Waals surface area contributed by atoms with Gasteiger partial charge < -0.3 is 10.3 Å². The number of hydrogen-bond donors (Lipinski definition) is 1. The number of quaternary nitrogens is 1. The number of hydrogen-bond acceptors (Lipinski definition) is 3. The largest absolute Gasteiger partial charge is 0.743 e. The minimum absolute atomic E-state index is 0.361. The topological polar surface area (TPSA) is 84.8 Å². The molecule has 0 aliphatic rings. The maximum Gasteiger partial charge on any atom is 0.189 e. The Hall–Kier alpha value is -0.130. The standard InChI is InChI=1S/C19H41NO3S/c1-5-6-7-8-9-10-11-12-13-14-15-16-17-19(20,18(2,3)4)24(21,22)23/h5-17,20H2,1-4H3,(H,21,22,23). The lowest BCUT2D eigenvalue weighted by Gasteiger charge is -2.39. The maximum absolute atomic E-state index is 11.6. The first-order chi connectivity index (χ1) is 11.1. The normalized spacial score (nSPS) is 15.4. The molecule has 0 aromatic heterocycles. The van der Waals surface area contributed by atoms with Crippen molar-refractivity contribution in [2.24, 2.45) is 5.41 Å². The summed E-state index contributed by atoms with van der Waals surface area (Å²) in [5.41, 5.74) is 3.17. The predicted molar refractivity (Wildman–Crippen MR) is 100 cm³/mol. The van der Waals surface area contributed by atoms with E-state index in [2.05, 4.69) is 12.7 Å². The quantitative estimate of drug-likeness (QED) is 0.361. The van der Waals surface area contributed by atoms with Crippen molar-refractivity contribution in [3.8, 4) is 0 Å². The van der Waals surface area contributed by atoms with Gasteiger partial charge in [0.1, 0.15) is 0 Å². The van der Waals surface area contributed by atoms with Crippen LogP contribution in [-0.2, 0) is 10.1 Å². The van der Waals surface area contributed by atoms with Gasteiger partial charge in [0, 0.05) is 11.8 Å². The monoisotopic (exact) mass is 363 g/mol. The highest BCUT2D eigenvalue weighted by Crippen LogP contribution is 2.34. The van der Waals surface area contributed by atoms with Gasteiger partial charge in [0.25, 0.3) is 0 Å². The molecule has 0 aliphatic carbocycles. The first-order valence-corrected chi connectivity index (χ1v) is 11.3. The molecular weight excluding hydrogens is 322 g/mol. The first-order valence-electron chi connectivity index (χ1n) is 9.87. The lowest BCUT2D eigenvalue weighted by atomic mass is 9.83. The van der Waals surface area contributed by atoms with Crippen molar-refractivity contribution < 1.29 is 18.7 Å². The highest BCUT2D eigenvalue weighted by Gasteiger charge is 2.47. The highest BCUT2D eigenvalue weighted by molar-refractivity contribution is 7.86. The molecule has 3 N–H and O–H groups in total. The first kappa shape index (κ1) is 23.9. The summed E-state index contributed by atoms with van der Waals surface area (Å²) in [4.78, 5) is -1.42. The van der Waals surface area contributed by atoms with Crippen molar-refractivity contribution in [1.82, 2.24) is 0 Å². The molecule has 0 heterocycles. The Labute approximate surface area is 150 Å². The molecule has 0 amide bonds. The molecule has 0 saturated carbocycles. The Morgan fingerprint density at radius 1 is 0.750 bits per heavy atom. The average Bonchev–Trinajstić information content (AvgIpc) is 2.45. The van der Waals surface area contributed by atoms with Crippen LogP contribution in [0.1, 0.15) is 111 Å². The Morgan fingerprint density at radius 2 is 1.08 bits per heavy atom. The molecule has 0 bridgehead atoms. The Bertz CT molecular complexity index is 415. The molecule has 0 spiro atoms. The second kappa shape index (κ2) is 11.5. The third kappa shape index (κ3) is 8.82. The fraction of sp³-hybridized carbons (Fsp3) is 1.00. The van der Waals surface area contributed by atoms with Crippen LogP contribution in [0.25, 0.3) is 0 Å². The van der Waals surface area contributed by atoms with Gasteiger partial charge in [-0.3, -0.25) is 0 Å². The van der Waals surface area contributed by atoms with E-state index < -0.39 is 20.4 Å². The van der Waals surface area contributed by atoms with Crippen LogP contribution < -0.4 is 5.73 Å². The Morgan fingerprint density at radius 3 is 1.38 bits per heavy atom. The number of unbranched alkanes of at least 4 members (excludes halogenated alkanes) is 11. The second-order valence-corrected chi connectivity index (χ2v) is 10.0. The molecule has 4 nitrogen and oxygen atoms in total. The van der Waals surface area contributed by atoms with E-state index in [0.717, 1.165) is 19.3 Å². The van der Waals surface area contributed by atoms with E-state index in [1.54, 1.807) is 20.8 Å². The van der Waals surface area contributed by atoms with E-state index in [4.69, 9.17) is 0 Å². The molecule has 0 radical (unpaired) electrons. The van der Waals surface area contributed by atoms with Crippen LogP contribution in [0, 0.1) is 5.41 Å².